The highest BCUT2D eigenvalue weighted by Gasteiger charge is 2.25. The summed E-state index contributed by atoms with van der Waals surface area (Å²) in [5.74, 6) is 1.53. The Balaban J connectivity index is 1.71. The first kappa shape index (κ1) is 16.2. The molecule has 0 radical (unpaired) electrons. The molecule has 2 aliphatic rings. The number of amides is 1. The second kappa shape index (κ2) is 8.28. The maximum absolute atomic E-state index is 12.2. The van der Waals surface area contributed by atoms with Gasteiger partial charge in [0, 0.05) is 17.7 Å². The molecule has 1 saturated carbocycles. The zero-order chi connectivity index (χ0) is 14.4. The summed E-state index contributed by atoms with van der Waals surface area (Å²) in [5, 5.41) is 7.43. The first-order valence-electron chi connectivity index (χ1n) is 8.22. The summed E-state index contributed by atoms with van der Waals surface area (Å²) in [4.78, 5) is 12.2. The van der Waals surface area contributed by atoms with Crippen molar-refractivity contribution in [3.8, 4) is 0 Å². The van der Waals surface area contributed by atoms with Crippen LogP contribution in [-0.2, 0) is 4.79 Å². The summed E-state index contributed by atoms with van der Waals surface area (Å²) in [6, 6.07) is 0.425. The molecule has 1 aliphatic heterocycles. The summed E-state index contributed by atoms with van der Waals surface area (Å²) in [5.41, 5.74) is 0. The summed E-state index contributed by atoms with van der Waals surface area (Å²) >= 11 is 1.95. The van der Waals surface area contributed by atoms with Crippen LogP contribution in [0.2, 0.25) is 0 Å². The molecule has 0 aromatic carbocycles. The van der Waals surface area contributed by atoms with Gasteiger partial charge in [-0.1, -0.05) is 13.3 Å². The fourth-order valence-electron chi connectivity index (χ4n) is 3.65. The number of hydrogen-bond acceptors (Lipinski definition) is 3. The van der Waals surface area contributed by atoms with Gasteiger partial charge in [0.2, 0.25) is 5.91 Å². The molecule has 0 aromatic rings. The molecule has 0 spiro atoms. The lowest BCUT2D eigenvalue weighted by atomic mass is 9.84. The molecule has 0 unspecified atom stereocenters. The SMILES string of the molecule is CS[C@@H]1CCC[C@H](NC(=O)C[C@H](C)C2CCNCC2)C1. The Morgan fingerprint density at radius 2 is 2.05 bits per heavy atom. The van der Waals surface area contributed by atoms with Gasteiger partial charge in [-0.05, 0) is 63.3 Å². The standard InChI is InChI=1S/C16H30N2OS/c1-12(13-6-8-17-9-7-13)10-16(19)18-14-4-3-5-15(11-14)20-2/h12-15,17H,3-11H2,1-2H3,(H,18,19)/t12-,14-,15+/m0/s1. The van der Waals surface area contributed by atoms with E-state index in [9.17, 15) is 4.79 Å². The number of thioether (sulfide) groups is 1. The minimum absolute atomic E-state index is 0.280. The molecule has 1 saturated heterocycles. The van der Waals surface area contributed by atoms with Crippen molar-refractivity contribution >= 4 is 17.7 Å². The summed E-state index contributed by atoms with van der Waals surface area (Å²) in [6.07, 6.45) is 10.3. The van der Waals surface area contributed by atoms with Crippen LogP contribution < -0.4 is 10.6 Å². The number of carbonyl (C=O) groups is 1. The van der Waals surface area contributed by atoms with Gasteiger partial charge < -0.3 is 10.6 Å². The Kier molecular flexibility index (Phi) is 6.69. The quantitative estimate of drug-likeness (QED) is 0.820. The van der Waals surface area contributed by atoms with Gasteiger partial charge in [0.1, 0.15) is 0 Å². The van der Waals surface area contributed by atoms with E-state index in [1.54, 1.807) is 0 Å². The third-order valence-corrected chi connectivity index (χ3v) is 6.12. The Hall–Kier alpha value is -0.220. The zero-order valence-electron chi connectivity index (χ0n) is 13.0. The van der Waals surface area contributed by atoms with Crippen molar-refractivity contribution < 1.29 is 4.79 Å². The van der Waals surface area contributed by atoms with Crippen LogP contribution in [0.4, 0.5) is 0 Å². The first-order chi connectivity index (χ1) is 9.69. The Labute approximate surface area is 128 Å². The number of hydrogen-bond donors (Lipinski definition) is 2. The van der Waals surface area contributed by atoms with E-state index >= 15 is 0 Å². The van der Waals surface area contributed by atoms with Gasteiger partial charge in [-0.15, -0.1) is 0 Å². The monoisotopic (exact) mass is 298 g/mol. The third-order valence-electron chi connectivity index (χ3n) is 5.02. The van der Waals surface area contributed by atoms with Crippen LogP contribution in [-0.4, -0.2) is 36.5 Å². The van der Waals surface area contributed by atoms with Crippen molar-refractivity contribution in [2.75, 3.05) is 19.3 Å². The molecule has 0 bridgehead atoms. The van der Waals surface area contributed by atoms with Crippen LogP contribution in [0.3, 0.4) is 0 Å². The van der Waals surface area contributed by atoms with Crippen molar-refractivity contribution in [3.05, 3.63) is 0 Å². The Morgan fingerprint density at radius 1 is 1.30 bits per heavy atom. The highest BCUT2D eigenvalue weighted by Crippen LogP contribution is 2.28. The smallest absolute Gasteiger partial charge is 0.220 e. The number of piperidine rings is 1. The van der Waals surface area contributed by atoms with Crippen LogP contribution in [0.1, 0.15) is 51.9 Å². The van der Waals surface area contributed by atoms with Crippen LogP contribution in [0.5, 0.6) is 0 Å². The number of carbonyl (C=O) groups excluding carboxylic acids is 1. The van der Waals surface area contributed by atoms with E-state index in [4.69, 9.17) is 0 Å². The van der Waals surface area contributed by atoms with Gasteiger partial charge in [0.25, 0.3) is 0 Å². The van der Waals surface area contributed by atoms with E-state index in [-0.39, 0.29) is 5.91 Å². The summed E-state index contributed by atoms with van der Waals surface area (Å²) < 4.78 is 0. The van der Waals surface area contributed by atoms with E-state index in [0.29, 0.717) is 18.4 Å². The van der Waals surface area contributed by atoms with Gasteiger partial charge in [0.15, 0.2) is 0 Å². The predicted octanol–water partition coefficient (Wildman–Crippen LogP) is 2.80. The Bertz CT molecular complexity index is 299. The molecule has 3 nitrogen and oxygen atoms in total. The van der Waals surface area contributed by atoms with E-state index in [0.717, 1.165) is 30.7 Å². The molecule has 2 N–H and O–H groups in total. The molecule has 3 atom stereocenters. The lowest BCUT2D eigenvalue weighted by Crippen LogP contribution is -2.40. The molecule has 2 fully saturated rings. The fraction of sp³-hybridized carbons (Fsp3) is 0.938. The molecule has 4 heteroatoms. The summed E-state index contributed by atoms with van der Waals surface area (Å²) in [6.45, 7) is 4.49. The van der Waals surface area contributed by atoms with Crippen molar-refractivity contribution in [2.24, 2.45) is 11.8 Å². The number of rotatable bonds is 5. The molecular weight excluding hydrogens is 268 g/mol. The maximum Gasteiger partial charge on any atom is 0.220 e. The van der Waals surface area contributed by atoms with Gasteiger partial charge in [-0.2, -0.15) is 11.8 Å². The van der Waals surface area contributed by atoms with Crippen LogP contribution in [0.25, 0.3) is 0 Å². The largest absolute Gasteiger partial charge is 0.353 e. The van der Waals surface area contributed by atoms with E-state index in [2.05, 4.69) is 23.8 Å². The van der Waals surface area contributed by atoms with E-state index < -0.39 is 0 Å². The highest BCUT2D eigenvalue weighted by atomic mass is 32.2. The lowest BCUT2D eigenvalue weighted by Gasteiger charge is -2.31. The van der Waals surface area contributed by atoms with Crippen molar-refractivity contribution in [2.45, 2.75) is 63.2 Å². The minimum atomic E-state index is 0.280. The first-order valence-corrected chi connectivity index (χ1v) is 9.50. The van der Waals surface area contributed by atoms with Crippen LogP contribution in [0.15, 0.2) is 0 Å². The van der Waals surface area contributed by atoms with Gasteiger partial charge in [-0.25, -0.2) is 0 Å². The Morgan fingerprint density at radius 3 is 2.75 bits per heavy atom. The molecule has 116 valence electrons. The van der Waals surface area contributed by atoms with Gasteiger partial charge in [-0.3, -0.25) is 4.79 Å². The average molecular weight is 298 g/mol. The molecule has 1 aliphatic carbocycles. The second-order valence-corrected chi connectivity index (χ2v) is 7.70. The zero-order valence-corrected chi connectivity index (χ0v) is 13.8. The van der Waals surface area contributed by atoms with E-state index in [1.807, 2.05) is 11.8 Å². The predicted molar refractivity (Wildman–Crippen MR) is 87.1 cm³/mol. The normalized spacial score (nSPS) is 29.9. The topological polar surface area (TPSA) is 41.1 Å². The maximum atomic E-state index is 12.2. The van der Waals surface area contributed by atoms with Crippen molar-refractivity contribution in [1.82, 2.24) is 10.6 Å². The lowest BCUT2D eigenvalue weighted by molar-refractivity contribution is -0.123. The fourth-order valence-corrected chi connectivity index (χ4v) is 4.48. The molecule has 20 heavy (non-hydrogen) atoms. The summed E-state index contributed by atoms with van der Waals surface area (Å²) in [7, 11) is 0. The average Bonchev–Trinajstić information content (AvgIpc) is 2.48. The van der Waals surface area contributed by atoms with Crippen molar-refractivity contribution in [3.63, 3.8) is 0 Å². The molecule has 2 rings (SSSR count). The van der Waals surface area contributed by atoms with E-state index in [1.165, 1.54) is 32.1 Å². The third kappa shape index (κ3) is 4.96. The number of nitrogens with one attached hydrogen (secondary N) is 2. The molecule has 1 heterocycles. The molecule has 0 aromatic heterocycles. The van der Waals surface area contributed by atoms with Crippen LogP contribution >= 0.6 is 11.8 Å². The minimum Gasteiger partial charge on any atom is -0.353 e. The molecule has 1 amide bonds. The molecular formula is C16H30N2OS. The van der Waals surface area contributed by atoms with Crippen LogP contribution in [0, 0.1) is 11.8 Å². The van der Waals surface area contributed by atoms with Crippen molar-refractivity contribution in [1.29, 1.82) is 0 Å². The second-order valence-electron chi connectivity index (χ2n) is 6.56. The van der Waals surface area contributed by atoms with Gasteiger partial charge in [0.05, 0.1) is 0 Å². The van der Waals surface area contributed by atoms with Gasteiger partial charge >= 0.3 is 0 Å². The highest BCUT2D eigenvalue weighted by molar-refractivity contribution is 7.99.